The van der Waals surface area contributed by atoms with Crippen LogP contribution in [0.15, 0.2) is 0 Å². The minimum Gasteiger partial charge on any atom is -1.00 e. The number of rotatable bonds is 13. The van der Waals surface area contributed by atoms with Crippen molar-refractivity contribution in [2.45, 2.75) is 85.5 Å². The first-order chi connectivity index (χ1) is 8.74. The summed E-state index contributed by atoms with van der Waals surface area (Å²) in [6.07, 6.45) is 19.2. The largest absolute Gasteiger partial charge is 1.00 e. The molecule has 0 bridgehead atoms. The van der Waals surface area contributed by atoms with E-state index >= 15 is 0 Å². The van der Waals surface area contributed by atoms with Gasteiger partial charge in [-0.25, -0.2) is 0 Å². The molecule has 0 atom stereocenters. The van der Waals surface area contributed by atoms with Crippen LogP contribution in [0.3, 0.4) is 0 Å². The van der Waals surface area contributed by atoms with E-state index < -0.39 is 7.26 Å². The summed E-state index contributed by atoms with van der Waals surface area (Å²) in [5.41, 5.74) is 0. The van der Waals surface area contributed by atoms with Gasteiger partial charge in [0.2, 0.25) is 0 Å². The molecule has 0 saturated heterocycles. The molecule has 0 spiro atoms. The van der Waals surface area contributed by atoms with Gasteiger partial charge in [0.05, 0.1) is 24.6 Å². The molecule has 0 N–H and O–H groups in total. The normalized spacial score (nSPS) is 11.4. The molecule has 0 aromatic rings. The predicted octanol–water partition coefficient (Wildman–Crippen LogP) is 3.60. The second kappa shape index (κ2) is 15.5. The molecular formula is C17H38IP. The number of hydrogen-bond acceptors (Lipinski definition) is 0. The number of unbranched alkanes of at least 4 members (excludes halogenated alkanes) is 8. The lowest BCUT2D eigenvalue weighted by atomic mass is 10.1. The van der Waals surface area contributed by atoms with Gasteiger partial charge in [-0.15, -0.1) is 0 Å². The van der Waals surface area contributed by atoms with E-state index in [1.807, 2.05) is 0 Å². The highest BCUT2D eigenvalue weighted by Crippen LogP contribution is 2.58. The van der Waals surface area contributed by atoms with Crippen molar-refractivity contribution in [3.05, 3.63) is 0 Å². The zero-order chi connectivity index (χ0) is 13.7. The lowest BCUT2D eigenvalue weighted by Crippen LogP contribution is -3.00. The van der Waals surface area contributed by atoms with Gasteiger partial charge in [0.1, 0.15) is 0 Å². The van der Waals surface area contributed by atoms with Gasteiger partial charge in [-0.3, -0.25) is 0 Å². The summed E-state index contributed by atoms with van der Waals surface area (Å²) in [6.45, 7) is 9.57. The molecule has 19 heavy (non-hydrogen) atoms. The zero-order valence-corrected chi connectivity index (χ0v) is 17.1. The van der Waals surface area contributed by atoms with Crippen LogP contribution in [0.25, 0.3) is 0 Å². The third-order valence-corrected chi connectivity index (χ3v) is 10.0. The summed E-state index contributed by atoms with van der Waals surface area (Å²) >= 11 is 0. The summed E-state index contributed by atoms with van der Waals surface area (Å²) in [5, 5.41) is 0. The first-order valence-electron chi connectivity index (χ1n) is 8.59. The zero-order valence-electron chi connectivity index (χ0n) is 14.0. The van der Waals surface area contributed by atoms with E-state index in [0.717, 1.165) is 0 Å². The van der Waals surface area contributed by atoms with Crippen LogP contribution in [0, 0.1) is 0 Å². The molecule has 118 valence electrons. The smallest absolute Gasteiger partial charge is 0.0594 e. The Morgan fingerprint density at radius 1 is 0.526 bits per heavy atom. The van der Waals surface area contributed by atoms with E-state index in [1.54, 1.807) is 6.16 Å². The van der Waals surface area contributed by atoms with E-state index in [1.165, 1.54) is 76.3 Å². The molecule has 0 aliphatic heterocycles. The summed E-state index contributed by atoms with van der Waals surface area (Å²) in [5.74, 6) is 0. The van der Waals surface area contributed by atoms with Crippen LogP contribution < -0.4 is 24.0 Å². The maximum absolute atomic E-state index is 2.43. The molecule has 0 aromatic heterocycles. The Morgan fingerprint density at radius 3 is 1.26 bits per heavy atom. The predicted molar refractivity (Wildman–Crippen MR) is 90.6 cm³/mol. The highest BCUT2D eigenvalue weighted by atomic mass is 127. The highest BCUT2D eigenvalue weighted by Gasteiger charge is 2.29. The van der Waals surface area contributed by atoms with Crippen molar-refractivity contribution in [2.24, 2.45) is 0 Å². The van der Waals surface area contributed by atoms with Gasteiger partial charge >= 0.3 is 0 Å². The van der Waals surface area contributed by atoms with Crippen LogP contribution in [0.4, 0.5) is 0 Å². The lowest BCUT2D eigenvalue weighted by molar-refractivity contribution is -0.00000421. The van der Waals surface area contributed by atoms with Crippen LogP contribution in [0.2, 0.25) is 0 Å². The van der Waals surface area contributed by atoms with Gasteiger partial charge in [0.15, 0.2) is 0 Å². The molecule has 0 heterocycles. The van der Waals surface area contributed by atoms with E-state index in [9.17, 15) is 0 Å². The molecule has 2 heteroatoms. The Balaban J connectivity index is 0. The summed E-state index contributed by atoms with van der Waals surface area (Å²) in [4.78, 5) is 0. The average molecular weight is 400 g/mol. The molecule has 0 saturated carbocycles. The third kappa shape index (κ3) is 11.5. The molecule has 0 aliphatic carbocycles. The molecule has 0 nitrogen and oxygen atoms in total. The van der Waals surface area contributed by atoms with E-state index in [2.05, 4.69) is 27.7 Å². The standard InChI is InChI=1S/C17H38P.HI/c1-5-9-10-11-12-13-14-15-16-17-18(6-2,7-3)8-4;/h5-17H2,1-4H3;1H/q+1;/p-1. The minimum absolute atomic E-state index is 0. The van der Waals surface area contributed by atoms with Crippen molar-refractivity contribution >= 4 is 7.26 Å². The summed E-state index contributed by atoms with van der Waals surface area (Å²) in [6, 6.07) is 0. The molecule has 0 amide bonds. The maximum atomic E-state index is 2.43. The highest BCUT2D eigenvalue weighted by molar-refractivity contribution is 7.75. The number of hydrogen-bond donors (Lipinski definition) is 0. The van der Waals surface area contributed by atoms with Crippen LogP contribution in [-0.2, 0) is 0 Å². The van der Waals surface area contributed by atoms with Crippen LogP contribution >= 0.6 is 7.26 Å². The van der Waals surface area contributed by atoms with Crippen LogP contribution in [0.5, 0.6) is 0 Å². The van der Waals surface area contributed by atoms with Gasteiger partial charge in [0.25, 0.3) is 0 Å². The topological polar surface area (TPSA) is 0 Å². The van der Waals surface area contributed by atoms with Crippen molar-refractivity contribution in [3.8, 4) is 0 Å². The molecule has 0 fully saturated rings. The van der Waals surface area contributed by atoms with Crippen LogP contribution in [-0.4, -0.2) is 24.6 Å². The van der Waals surface area contributed by atoms with Crippen molar-refractivity contribution < 1.29 is 24.0 Å². The van der Waals surface area contributed by atoms with Crippen molar-refractivity contribution in [1.29, 1.82) is 0 Å². The Hall–Kier alpha value is 1.16. The maximum Gasteiger partial charge on any atom is 0.0594 e. The minimum atomic E-state index is -0.509. The number of halogens is 1. The van der Waals surface area contributed by atoms with Gasteiger partial charge in [-0.1, -0.05) is 51.9 Å². The molecule has 0 radical (unpaired) electrons. The molecular weight excluding hydrogens is 362 g/mol. The van der Waals surface area contributed by atoms with Crippen molar-refractivity contribution in [2.75, 3.05) is 24.6 Å². The second-order valence-electron chi connectivity index (χ2n) is 5.84. The summed E-state index contributed by atoms with van der Waals surface area (Å²) < 4.78 is 0. The summed E-state index contributed by atoms with van der Waals surface area (Å²) in [7, 11) is -0.509. The van der Waals surface area contributed by atoms with Crippen molar-refractivity contribution in [3.63, 3.8) is 0 Å². The molecule has 0 aliphatic rings. The molecule has 0 unspecified atom stereocenters. The Labute approximate surface area is 141 Å². The van der Waals surface area contributed by atoms with Crippen molar-refractivity contribution in [1.82, 2.24) is 0 Å². The SMILES string of the molecule is CCCCCCCCCCC[P+](CC)(CC)CC.[I-]. The van der Waals surface area contributed by atoms with Gasteiger partial charge in [0, 0.05) is 7.26 Å². The quantitative estimate of drug-likeness (QED) is 0.252. The fraction of sp³-hybridized carbons (Fsp3) is 1.00. The van der Waals surface area contributed by atoms with E-state index in [4.69, 9.17) is 0 Å². The first kappa shape index (κ1) is 22.4. The Kier molecular flexibility index (Phi) is 18.4. The van der Waals surface area contributed by atoms with Gasteiger partial charge in [-0.2, -0.15) is 0 Å². The molecule has 0 aromatic carbocycles. The van der Waals surface area contributed by atoms with E-state index in [0.29, 0.717) is 0 Å². The average Bonchev–Trinajstić information content (AvgIpc) is 2.42. The monoisotopic (exact) mass is 400 g/mol. The Bertz CT molecular complexity index is 158. The first-order valence-corrected chi connectivity index (χ1v) is 11.1. The second-order valence-corrected chi connectivity index (χ2v) is 10.9. The van der Waals surface area contributed by atoms with Crippen LogP contribution in [0.1, 0.15) is 85.5 Å². The fourth-order valence-corrected chi connectivity index (χ4v) is 6.09. The Morgan fingerprint density at radius 2 is 0.895 bits per heavy atom. The fourth-order valence-electron chi connectivity index (χ4n) is 2.90. The third-order valence-electron chi connectivity index (χ3n) is 4.75. The molecule has 0 rings (SSSR count). The van der Waals surface area contributed by atoms with E-state index in [-0.39, 0.29) is 24.0 Å². The lowest BCUT2D eigenvalue weighted by Gasteiger charge is -2.23. The van der Waals surface area contributed by atoms with Gasteiger partial charge < -0.3 is 24.0 Å². The van der Waals surface area contributed by atoms with Gasteiger partial charge in [-0.05, 0) is 33.6 Å².